The fourth-order valence-corrected chi connectivity index (χ4v) is 3.49. The second-order valence-corrected chi connectivity index (χ2v) is 7.09. The molecule has 1 heterocycles. The highest BCUT2D eigenvalue weighted by molar-refractivity contribution is 5.89. The molecular weight excluding hydrogens is 365 g/mol. The average Bonchev–Trinajstić information content (AvgIpc) is 3.15. The van der Waals surface area contributed by atoms with Crippen molar-refractivity contribution < 1.29 is 9.18 Å². The summed E-state index contributed by atoms with van der Waals surface area (Å²) in [6.45, 7) is 2.38. The first kappa shape index (κ1) is 18.7. The number of amides is 2. The molecule has 0 bridgehead atoms. The molecule has 4 nitrogen and oxygen atoms in total. The van der Waals surface area contributed by atoms with Gasteiger partial charge in [-0.2, -0.15) is 0 Å². The van der Waals surface area contributed by atoms with Crippen LogP contribution in [0.25, 0.3) is 10.9 Å². The van der Waals surface area contributed by atoms with Gasteiger partial charge in [0, 0.05) is 35.2 Å². The number of rotatable bonds is 5. The Bertz CT molecular complexity index is 1120. The van der Waals surface area contributed by atoms with Gasteiger partial charge < -0.3 is 15.6 Å². The van der Waals surface area contributed by atoms with Crippen LogP contribution < -0.4 is 10.6 Å². The summed E-state index contributed by atoms with van der Waals surface area (Å²) in [5, 5.41) is 6.89. The quantitative estimate of drug-likeness (QED) is 0.412. The molecule has 5 heteroatoms. The molecule has 0 radical (unpaired) electrons. The number of benzene rings is 3. The van der Waals surface area contributed by atoms with E-state index in [1.54, 1.807) is 12.1 Å². The van der Waals surface area contributed by atoms with Gasteiger partial charge in [-0.15, -0.1) is 0 Å². The van der Waals surface area contributed by atoms with Gasteiger partial charge in [-0.25, -0.2) is 9.18 Å². The van der Waals surface area contributed by atoms with Gasteiger partial charge in [0.05, 0.1) is 0 Å². The first-order chi connectivity index (χ1) is 14.1. The number of carbonyl (C=O) groups excluding carboxylic acids is 1. The fraction of sp³-hybridized carbons (Fsp3) is 0.125. The molecule has 2 amide bonds. The summed E-state index contributed by atoms with van der Waals surface area (Å²) >= 11 is 0. The lowest BCUT2D eigenvalue weighted by molar-refractivity contribution is 0.252. The number of aryl methyl sites for hydroxylation is 1. The van der Waals surface area contributed by atoms with Crippen molar-refractivity contribution in [3.63, 3.8) is 0 Å². The Hall–Kier alpha value is -3.60. The number of aromatic amines is 1. The zero-order valence-electron chi connectivity index (χ0n) is 16.1. The van der Waals surface area contributed by atoms with Gasteiger partial charge in [0.15, 0.2) is 0 Å². The molecule has 4 rings (SSSR count). The Labute approximate surface area is 168 Å². The van der Waals surface area contributed by atoms with Crippen LogP contribution in [-0.2, 0) is 0 Å². The molecule has 1 aromatic heterocycles. The lowest BCUT2D eigenvalue weighted by Gasteiger charge is -2.18. The van der Waals surface area contributed by atoms with E-state index in [0.29, 0.717) is 6.54 Å². The number of aromatic nitrogens is 1. The van der Waals surface area contributed by atoms with Crippen LogP contribution in [0.5, 0.6) is 0 Å². The van der Waals surface area contributed by atoms with E-state index in [1.807, 2.05) is 61.7 Å². The highest BCUT2D eigenvalue weighted by Crippen LogP contribution is 2.30. The summed E-state index contributed by atoms with van der Waals surface area (Å²) in [6, 6.07) is 21.8. The Morgan fingerprint density at radius 1 is 1.00 bits per heavy atom. The molecule has 146 valence electrons. The Morgan fingerprint density at radius 2 is 1.72 bits per heavy atom. The summed E-state index contributed by atoms with van der Waals surface area (Å²) in [7, 11) is 0. The van der Waals surface area contributed by atoms with Crippen molar-refractivity contribution in [2.45, 2.75) is 12.8 Å². The third kappa shape index (κ3) is 4.29. The van der Waals surface area contributed by atoms with Gasteiger partial charge in [-0.1, -0.05) is 48.0 Å². The standard InChI is InChI=1S/C24H22FN3O/c1-16-6-12-19(13-7-16)28-24(29)27-14-21(17-8-10-18(25)11-9-17)22-15-26-23-5-3-2-4-20(22)23/h2-13,15,21,26H,14H2,1H3,(H2,27,28,29)/t21-/m1/s1. The normalized spacial score (nSPS) is 11.9. The Balaban J connectivity index is 1.56. The molecular formula is C24H22FN3O. The topological polar surface area (TPSA) is 56.9 Å². The minimum atomic E-state index is -0.281. The minimum Gasteiger partial charge on any atom is -0.361 e. The lowest BCUT2D eigenvalue weighted by Crippen LogP contribution is -2.32. The molecule has 0 fully saturated rings. The molecule has 29 heavy (non-hydrogen) atoms. The minimum absolute atomic E-state index is 0.115. The van der Waals surface area contributed by atoms with E-state index in [4.69, 9.17) is 0 Å². The number of anilines is 1. The van der Waals surface area contributed by atoms with Gasteiger partial charge in [-0.3, -0.25) is 0 Å². The number of para-hydroxylation sites is 1. The van der Waals surface area contributed by atoms with E-state index in [2.05, 4.69) is 15.6 Å². The Kier molecular flexibility index (Phi) is 5.29. The number of carbonyl (C=O) groups is 1. The van der Waals surface area contributed by atoms with E-state index in [-0.39, 0.29) is 17.8 Å². The predicted octanol–water partition coefficient (Wildman–Crippen LogP) is 5.57. The van der Waals surface area contributed by atoms with Gasteiger partial charge in [0.1, 0.15) is 5.82 Å². The molecule has 1 atom stereocenters. The molecule has 0 saturated carbocycles. The number of halogens is 1. The molecule has 0 aliphatic carbocycles. The third-order valence-corrected chi connectivity index (χ3v) is 5.05. The molecule has 3 aromatic carbocycles. The molecule has 0 aliphatic rings. The maximum Gasteiger partial charge on any atom is 0.319 e. The van der Waals surface area contributed by atoms with Crippen molar-refractivity contribution in [2.24, 2.45) is 0 Å². The van der Waals surface area contributed by atoms with Crippen molar-refractivity contribution in [3.8, 4) is 0 Å². The third-order valence-electron chi connectivity index (χ3n) is 5.05. The zero-order valence-corrected chi connectivity index (χ0v) is 16.1. The van der Waals surface area contributed by atoms with E-state index >= 15 is 0 Å². The SMILES string of the molecule is Cc1ccc(NC(=O)NC[C@H](c2ccc(F)cc2)c2c[nH]c3ccccc23)cc1. The second-order valence-electron chi connectivity index (χ2n) is 7.09. The molecule has 0 unspecified atom stereocenters. The van der Waals surface area contributed by atoms with E-state index in [0.717, 1.165) is 33.3 Å². The first-order valence-electron chi connectivity index (χ1n) is 9.53. The highest BCUT2D eigenvalue weighted by Gasteiger charge is 2.19. The van der Waals surface area contributed by atoms with Crippen LogP contribution in [0.3, 0.4) is 0 Å². The summed E-state index contributed by atoms with van der Waals surface area (Å²) in [5.74, 6) is -0.396. The largest absolute Gasteiger partial charge is 0.361 e. The molecule has 0 spiro atoms. The fourth-order valence-electron chi connectivity index (χ4n) is 3.49. The highest BCUT2D eigenvalue weighted by atomic mass is 19.1. The van der Waals surface area contributed by atoms with E-state index in [1.165, 1.54) is 12.1 Å². The number of urea groups is 1. The number of nitrogens with one attached hydrogen (secondary N) is 3. The van der Waals surface area contributed by atoms with Crippen LogP contribution in [0.1, 0.15) is 22.6 Å². The second kappa shape index (κ2) is 8.19. The average molecular weight is 387 g/mol. The van der Waals surface area contributed by atoms with Crippen LogP contribution in [0.4, 0.5) is 14.9 Å². The van der Waals surface area contributed by atoms with E-state index in [9.17, 15) is 9.18 Å². The van der Waals surface area contributed by atoms with Gasteiger partial charge >= 0.3 is 6.03 Å². The van der Waals surface area contributed by atoms with Crippen molar-refractivity contribution in [2.75, 3.05) is 11.9 Å². The zero-order chi connectivity index (χ0) is 20.2. The number of H-pyrrole nitrogens is 1. The summed E-state index contributed by atoms with van der Waals surface area (Å²) in [5.41, 5.74) is 4.89. The molecule has 0 aliphatic heterocycles. The summed E-state index contributed by atoms with van der Waals surface area (Å²) in [4.78, 5) is 15.7. The van der Waals surface area contributed by atoms with E-state index < -0.39 is 0 Å². The number of hydrogen-bond donors (Lipinski definition) is 3. The van der Waals surface area contributed by atoms with Crippen LogP contribution in [0.2, 0.25) is 0 Å². The van der Waals surface area contributed by atoms with Crippen LogP contribution in [0.15, 0.2) is 79.0 Å². The molecule has 4 aromatic rings. The van der Waals surface area contributed by atoms with Crippen LogP contribution in [-0.4, -0.2) is 17.6 Å². The van der Waals surface area contributed by atoms with Crippen molar-refractivity contribution in [3.05, 3.63) is 102 Å². The van der Waals surface area contributed by atoms with Crippen LogP contribution >= 0.6 is 0 Å². The maximum atomic E-state index is 13.4. The van der Waals surface area contributed by atoms with Crippen LogP contribution in [0, 0.1) is 12.7 Å². The number of hydrogen-bond acceptors (Lipinski definition) is 1. The van der Waals surface area contributed by atoms with Gasteiger partial charge in [0.2, 0.25) is 0 Å². The summed E-state index contributed by atoms with van der Waals surface area (Å²) in [6.07, 6.45) is 1.96. The summed E-state index contributed by atoms with van der Waals surface area (Å²) < 4.78 is 13.4. The number of fused-ring (bicyclic) bond motifs is 1. The van der Waals surface area contributed by atoms with Gasteiger partial charge in [-0.05, 0) is 48.4 Å². The van der Waals surface area contributed by atoms with Crippen molar-refractivity contribution in [1.29, 1.82) is 0 Å². The monoisotopic (exact) mass is 387 g/mol. The lowest BCUT2D eigenvalue weighted by atomic mass is 9.91. The molecule has 3 N–H and O–H groups in total. The predicted molar refractivity (Wildman–Crippen MR) is 115 cm³/mol. The smallest absolute Gasteiger partial charge is 0.319 e. The Morgan fingerprint density at radius 3 is 2.48 bits per heavy atom. The molecule has 0 saturated heterocycles. The maximum absolute atomic E-state index is 13.4. The first-order valence-corrected chi connectivity index (χ1v) is 9.53. The van der Waals surface area contributed by atoms with Crippen molar-refractivity contribution >= 4 is 22.6 Å². The van der Waals surface area contributed by atoms with Gasteiger partial charge in [0.25, 0.3) is 0 Å². The van der Waals surface area contributed by atoms with Crippen molar-refractivity contribution in [1.82, 2.24) is 10.3 Å².